The van der Waals surface area contributed by atoms with E-state index in [1.807, 2.05) is 13.0 Å². The number of nitrogens with one attached hydrogen (secondary N) is 2. The van der Waals surface area contributed by atoms with Crippen LogP contribution in [0.25, 0.3) is 0 Å². The van der Waals surface area contributed by atoms with Gasteiger partial charge < -0.3 is 5.73 Å². The van der Waals surface area contributed by atoms with Gasteiger partial charge in [-0.2, -0.15) is 0 Å². The van der Waals surface area contributed by atoms with Gasteiger partial charge in [0, 0.05) is 11.3 Å². The number of hydrogen-bond donors (Lipinski definition) is 3. The lowest BCUT2D eigenvalue weighted by atomic mass is 10.2. The second kappa shape index (κ2) is 5.57. The number of sulfonamides is 1. The normalized spacial score (nSPS) is 11.1. The minimum absolute atomic E-state index is 0.0565. The van der Waals surface area contributed by atoms with Gasteiger partial charge in [-0.1, -0.05) is 12.1 Å². The van der Waals surface area contributed by atoms with E-state index in [1.165, 1.54) is 0 Å². The van der Waals surface area contributed by atoms with Crippen molar-refractivity contribution in [3.8, 4) is 0 Å². The molecular formula is C15H17N3O2S. The van der Waals surface area contributed by atoms with Crippen molar-refractivity contribution in [2.45, 2.75) is 18.7 Å². The van der Waals surface area contributed by atoms with Crippen LogP contribution in [0.2, 0.25) is 0 Å². The second-order valence-electron chi connectivity index (χ2n) is 4.87. The molecule has 0 unspecified atom stereocenters. The summed E-state index contributed by atoms with van der Waals surface area (Å²) < 4.78 is 27.4. The summed E-state index contributed by atoms with van der Waals surface area (Å²) in [5.41, 5.74) is 7.91. The summed E-state index contributed by atoms with van der Waals surface area (Å²) in [7, 11) is -3.63. The van der Waals surface area contributed by atoms with E-state index in [4.69, 9.17) is 11.1 Å². The molecule has 0 aliphatic rings. The summed E-state index contributed by atoms with van der Waals surface area (Å²) in [6.07, 6.45) is 0. The third-order valence-electron chi connectivity index (χ3n) is 3.08. The first-order valence-electron chi connectivity index (χ1n) is 6.34. The SMILES string of the molecule is Cc1ccc(C)c(S(=O)(=O)Nc2ccc(C(=N)N)cc2)c1. The number of benzene rings is 2. The van der Waals surface area contributed by atoms with Gasteiger partial charge in [-0.05, 0) is 55.3 Å². The molecule has 0 aliphatic heterocycles. The largest absolute Gasteiger partial charge is 0.384 e. The molecule has 0 saturated heterocycles. The Labute approximate surface area is 124 Å². The Kier molecular flexibility index (Phi) is 3.99. The minimum Gasteiger partial charge on any atom is -0.384 e. The van der Waals surface area contributed by atoms with Crippen LogP contribution in [-0.4, -0.2) is 14.3 Å². The first-order valence-corrected chi connectivity index (χ1v) is 7.82. The van der Waals surface area contributed by atoms with Gasteiger partial charge in [0.1, 0.15) is 5.84 Å². The van der Waals surface area contributed by atoms with Gasteiger partial charge in [0.2, 0.25) is 0 Å². The number of anilines is 1. The van der Waals surface area contributed by atoms with Gasteiger partial charge in [0.05, 0.1) is 4.90 Å². The molecule has 6 heteroatoms. The van der Waals surface area contributed by atoms with Crippen molar-refractivity contribution in [2.75, 3.05) is 4.72 Å². The second-order valence-corrected chi connectivity index (χ2v) is 6.52. The van der Waals surface area contributed by atoms with Crippen LogP contribution < -0.4 is 10.5 Å². The third-order valence-corrected chi connectivity index (χ3v) is 4.60. The average Bonchev–Trinajstić information content (AvgIpc) is 2.41. The van der Waals surface area contributed by atoms with E-state index in [0.29, 0.717) is 16.8 Å². The fraction of sp³-hybridized carbons (Fsp3) is 0.133. The lowest BCUT2D eigenvalue weighted by molar-refractivity contribution is 0.600. The standard InChI is InChI=1S/C15H17N3O2S/c1-10-3-4-11(2)14(9-10)21(19,20)18-13-7-5-12(6-8-13)15(16)17/h3-9,18H,1-2H3,(H3,16,17). The molecule has 0 radical (unpaired) electrons. The van der Waals surface area contributed by atoms with Crippen LogP contribution in [0.5, 0.6) is 0 Å². The van der Waals surface area contributed by atoms with Crippen molar-refractivity contribution in [2.24, 2.45) is 5.73 Å². The number of nitrogen functional groups attached to an aromatic ring is 1. The van der Waals surface area contributed by atoms with Crippen molar-refractivity contribution in [3.63, 3.8) is 0 Å². The van der Waals surface area contributed by atoms with Gasteiger partial charge in [-0.3, -0.25) is 10.1 Å². The molecule has 4 N–H and O–H groups in total. The van der Waals surface area contributed by atoms with E-state index in [0.717, 1.165) is 5.56 Å². The van der Waals surface area contributed by atoms with E-state index in [1.54, 1.807) is 43.3 Å². The summed E-state index contributed by atoms with van der Waals surface area (Å²) in [6, 6.07) is 11.7. The average molecular weight is 303 g/mol. The first kappa shape index (κ1) is 15.1. The quantitative estimate of drug-likeness (QED) is 0.597. The van der Waals surface area contributed by atoms with Crippen molar-refractivity contribution >= 4 is 21.5 Å². The Morgan fingerprint density at radius 3 is 2.29 bits per heavy atom. The lowest BCUT2D eigenvalue weighted by Gasteiger charge is -2.11. The highest BCUT2D eigenvalue weighted by Gasteiger charge is 2.17. The molecule has 2 aromatic rings. The van der Waals surface area contributed by atoms with E-state index in [9.17, 15) is 8.42 Å². The summed E-state index contributed by atoms with van der Waals surface area (Å²) in [4.78, 5) is 0.262. The zero-order chi connectivity index (χ0) is 15.6. The molecule has 0 fully saturated rings. The van der Waals surface area contributed by atoms with E-state index in [-0.39, 0.29) is 10.7 Å². The van der Waals surface area contributed by atoms with Gasteiger partial charge in [0.15, 0.2) is 0 Å². The van der Waals surface area contributed by atoms with Gasteiger partial charge >= 0.3 is 0 Å². The van der Waals surface area contributed by atoms with Crippen molar-refractivity contribution in [3.05, 3.63) is 59.2 Å². The number of rotatable bonds is 4. The third kappa shape index (κ3) is 3.41. The fourth-order valence-corrected chi connectivity index (χ4v) is 3.31. The zero-order valence-electron chi connectivity index (χ0n) is 11.8. The Balaban J connectivity index is 2.33. The van der Waals surface area contributed by atoms with Crippen LogP contribution >= 0.6 is 0 Å². The van der Waals surface area contributed by atoms with Crippen LogP contribution in [0.15, 0.2) is 47.4 Å². The molecule has 0 bridgehead atoms. The molecular weight excluding hydrogens is 286 g/mol. The molecule has 0 aromatic heterocycles. The summed E-state index contributed by atoms with van der Waals surface area (Å²) in [5, 5.41) is 7.31. The maximum absolute atomic E-state index is 12.4. The Morgan fingerprint density at radius 2 is 1.71 bits per heavy atom. The molecule has 0 saturated carbocycles. The zero-order valence-corrected chi connectivity index (χ0v) is 12.7. The minimum atomic E-state index is -3.63. The monoisotopic (exact) mass is 303 g/mol. The highest BCUT2D eigenvalue weighted by Crippen LogP contribution is 2.20. The smallest absolute Gasteiger partial charge is 0.262 e. The van der Waals surface area contributed by atoms with Gasteiger partial charge in [-0.25, -0.2) is 8.42 Å². The lowest BCUT2D eigenvalue weighted by Crippen LogP contribution is -2.15. The molecule has 0 heterocycles. The summed E-state index contributed by atoms with van der Waals surface area (Å²) in [5.74, 6) is -0.0565. The van der Waals surface area contributed by atoms with E-state index >= 15 is 0 Å². The molecule has 0 spiro atoms. The molecule has 0 amide bonds. The number of aryl methyl sites for hydroxylation is 2. The van der Waals surface area contributed by atoms with Crippen LogP contribution in [0.3, 0.4) is 0 Å². The van der Waals surface area contributed by atoms with E-state index < -0.39 is 10.0 Å². The van der Waals surface area contributed by atoms with Crippen LogP contribution in [0.1, 0.15) is 16.7 Å². The van der Waals surface area contributed by atoms with Gasteiger partial charge in [-0.15, -0.1) is 0 Å². The predicted octanol–water partition coefficient (Wildman–Crippen LogP) is 2.39. The first-order chi connectivity index (χ1) is 9.79. The fourth-order valence-electron chi connectivity index (χ4n) is 1.92. The number of nitrogens with two attached hydrogens (primary N) is 1. The molecule has 0 aliphatic carbocycles. The molecule has 2 rings (SSSR count). The summed E-state index contributed by atoms with van der Waals surface area (Å²) >= 11 is 0. The number of amidine groups is 1. The summed E-state index contributed by atoms with van der Waals surface area (Å²) in [6.45, 7) is 3.60. The van der Waals surface area contributed by atoms with Crippen LogP contribution in [-0.2, 0) is 10.0 Å². The predicted molar refractivity (Wildman–Crippen MR) is 84.2 cm³/mol. The Hall–Kier alpha value is -2.34. The molecule has 0 atom stereocenters. The highest BCUT2D eigenvalue weighted by atomic mass is 32.2. The van der Waals surface area contributed by atoms with Crippen molar-refractivity contribution in [1.82, 2.24) is 0 Å². The molecule has 5 nitrogen and oxygen atoms in total. The molecule has 2 aromatic carbocycles. The van der Waals surface area contributed by atoms with Gasteiger partial charge in [0.25, 0.3) is 10.0 Å². The van der Waals surface area contributed by atoms with Crippen LogP contribution in [0, 0.1) is 19.3 Å². The van der Waals surface area contributed by atoms with Crippen molar-refractivity contribution in [1.29, 1.82) is 5.41 Å². The highest BCUT2D eigenvalue weighted by molar-refractivity contribution is 7.92. The number of hydrogen-bond acceptors (Lipinski definition) is 3. The topological polar surface area (TPSA) is 96.0 Å². The Morgan fingerprint density at radius 1 is 1.10 bits per heavy atom. The maximum atomic E-state index is 12.4. The van der Waals surface area contributed by atoms with Crippen LogP contribution in [0.4, 0.5) is 5.69 Å². The van der Waals surface area contributed by atoms with E-state index in [2.05, 4.69) is 4.72 Å². The maximum Gasteiger partial charge on any atom is 0.262 e. The van der Waals surface area contributed by atoms with Crippen molar-refractivity contribution < 1.29 is 8.42 Å². The molecule has 21 heavy (non-hydrogen) atoms. The Bertz CT molecular complexity index is 781. The molecule has 110 valence electrons.